The Balaban J connectivity index is 1.72. The predicted octanol–water partition coefficient (Wildman–Crippen LogP) is 5.59. The molecule has 0 saturated carbocycles. The maximum absolute atomic E-state index is 9.82. The van der Waals surface area contributed by atoms with Crippen LogP contribution in [0.1, 0.15) is 28.2 Å². The first kappa shape index (κ1) is 21.8. The summed E-state index contributed by atoms with van der Waals surface area (Å²) in [6.45, 7) is 0.218. The molecule has 0 saturated heterocycles. The lowest BCUT2D eigenvalue weighted by Gasteiger charge is -2.27. The Morgan fingerprint density at radius 3 is 2.44 bits per heavy atom. The van der Waals surface area contributed by atoms with Crippen LogP contribution in [0.25, 0.3) is 0 Å². The van der Waals surface area contributed by atoms with Crippen molar-refractivity contribution in [2.75, 3.05) is 0 Å². The molecule has 158 valence electrons. The summed E-state index contributed by atoms with van der Waals surface area (Å²) in [5.74, 6) is 0.517. The summed E-state index contributed by atoms with van der Waals surface area (Å²) in [6.07, 6.45) is 0. The van der Waals surface area contributed by atoms with E-state index in [0.717, 1.165) is 11.1 Å². The van der Waals surface area contributed by atoms with Gasteiger partial charge in [0.2, 0.25) is 5.88 Å². The SMILES string of the molecule is N#CC1=C(N)Oc2cc(O)ccc2[C@@H]1c1cc(Br)c(OCc2ccccc2C#N)c(Br)c1. The zero-order valence-corrected chi connectivity index (χ0v) is 19.6. The van der Waals surface area contributed by atoms with E-state index in [1.54, 1.807) is 24.3 Å². The van der Waals surface area contributed by atoms with Gasteiger partial charge in [0.15, 0.2) is 0 Å². The molecule has 3 aromatic rings. The Bertz CT molecular complexity index is 1320. The maximum Gasteiger partial charge on any atom is 0.205 e. The van der Waals surface area contributed by atoms with Crippen molar-refractivity contribution in [3.63, 3.8) is 0 Å². The van der Waals surface area contributed by atoms with Gasteiger partial charge < -0.3 is 20.3 Å². The second-order valence-corrected chi connectivity index (χ2v) is 8.73. The van der Waals surface area contributed by atoms with Gasteiger partial charge in [-0.25, -0.2) is 0 Å². The van der Waals surface area contributed by atoms with Crippen molar-refractivity contribution >= 4 is 31.9 Å². The number of nitrogens with two attached hydrogens (primary N) is 1. The zero-order chi connectivity index (χ0) is 22.8. The van der Waals surface area contributed by atoms with Crippen molar-refractivity contribution in [1.82, 2.24) is 0 Å². The molecular formula is C24H15Br2N3O3. The number of hydrogen-bond donors (Lipinski definition) is 2. The van der Waals surface area contributed by atoms with E-state index in [1.807, 2.05) is 24.3 Å². The quantitative estimate of drug-likeness (QED) is 0.436. The summed E-state index contributed by atoms with van der Waals surface area (Å²) in [7, 11) is 0. The highest BCUT2D eigenvalue weighted by Gasteiger charge is 2.31. The number of hydrogen-bond acceptors (Lipinski definition) is 6. The van der Waals surface area contributed by atoms with Crippen LogP contribution >= 0.6 is 31.9 Å². The number of aromatic hydroxyl groups is 1. The Hall–Kier alpha value is -3.46. The molecule has 0 aromatic heterocycles. The Morgan fingerprint density at radius 1 is 1.03 bits per heavy atom. The number of ether oxygens (including phenoxy) is 2. The summed E-state index contributed by atoms with van der Waals surface area (Å²) >= 11 is 7.12. The van der Waals surface area contributed by atoms with Crippen LogP contribution in [0, 0.1) is 22.7 Å². The van der Waals surface area contributed by atoms with Crippen molar-refractivity contribution in [1.29, 1.82) is 10.5 Å². The highest BCUT2D eigenvalue weighted by Crippen LogP contribution is 2.46. The van der Waals surface area contributed by atoms with Crippen LogP contribution in [0.2, 0.25) is 0 Å². The van der Waals surface area contributed by atoms with Crippen LogP contribution in [-0.2, 0) is 6.61 Å². The highest BCUT2D eigenvalue weighted by molar-refractivity contribution is 9.11. The third-order valence-electron chi connectivity index (χ3n) is 5.07. The van der Waals surface area contributed by atoms with E-state index in [4.69, 9.17) is 15.2 Å². The highest BCUT2D eigenvalue weighted by atomic mass is 79.9. The lowest BCUT2D eigenvalue weighted by Crippen LogP contribution is -2.21. The Labute approximate surface area is 201 Å². The number of phenols is 1. The van der Waals surface area contributed by atoms with Gasteiger partial charge in [-0.1, -0.05) is 24.3 Å². The van der Waals surface area contributed by atoms with E-state index in [-0.39, 0.29) is 23.8 Å². The molecule has 3 N–H and O–H groups in total. The first-order valence-corrected chi connectivity index (χ1v) is 11.0. The number of benzene rings is 3. The summed E-state index contributed by atoms with van der Waals surface area (Å²) in [6, 6.07) is 20.0. The second kappa shape index (κ2) is 8.96. The van der Waals surface area contributed by atoms with E-state index in [9.17, 15) is 15.6 Å². The van der Waals surface area contributed by atoms with Crippen molar-refractivity contribution in [3.05, 3.63) is 97.3 Å². The topological polar surface area (TPSA) is 112 Å². The van der Waals surface area contributed by atoms with Crippen molar-refractivity contribution in [2.45, 2.75) is 12.5 Å². The van der Waals surface area contributed by atoms with Crippen molar-refractivity contribution < 1.29 is 14.6 Å². The molecule has 0 radical (unpaired) electrons. The van der Waals surface area contributed by atoms with E-state index >= 15 is 0 Å². The Morgan fingerprint density at radius 2 is 1.75 bits per heavy atom. The van der Waals surface area contributed by atoms with Gasteiger partial charge in [-0.15, -0.1) is 0 Å². The molecule has 0 bridgehead atoms. The summed E-state index contributed by atoms with van der Waals surface area (Å²) in [5, 5.41) is 28.8. The standard InChI is InChI=1S/C24H15Br2N3O3/c25-19-7-15(8-20(26)23(19)31-12-14-4-2-1-3-13(14)10-27)22-17-6-5-16(30)9-21(17)32-24(29)18(22)11-28/h1-9,22,30H,12,29H2/t22-/m0/s1. The van der Waals surface area contributed by atoms with Gasteiger partial charge in [0, 0.05) is 17.2 Å². The number of nitrogens with zero attached hydrogens (tertiary/aromatic N) is 2. The lowest BCUT2D eigenvalue weighted by atomic mass is 9.83. The van der Waals surface area contributed by atoms with Crippen molar-refractivity contribution in [3.8, 4) is 29.4 Å². The molecule has 1 aliphatic heterocycles. The number of rotatable bonds is 4. The fourth-order valence-corrected chi connectivity index (χ4v) is 5.03. The molecule has 1 atom stereocenters. The molecule has 0 unspecified atom stereocenters. The van der Waals surface area contributed by atoms with Gasteiger partial charge >= 0.3 is 0 Å². The average molecular weight is 553 g/mol. The molecule has 0 spiro atoms. The van der Waals surface area contributed by atoms with Crippen molar-refractivity contribution in [2.24, 2.45) is 5.73 Å². The van der Waals surface area contributed by atoms with Crippen LogP contribution in [0.3, 0.4) is 0 Å². The summed E-state index contributed by atoms with van der Waals surface area (Å²) < 4.78 is 12.9. The number of fused-ring (bicyclic) bond motifs is 1. The van der Waals surface area contributed by atoms with Crippen LogP contribution in [-0.4, -0.2) is 5.11 Å². The fourth-order valence-electron chi connectivity index (χ4n) is 3.58. The van der Waals surface area contributed by atoms with Gasteiger partial charge in [-0.2, -0.15) is 10.5 Å². The fraction of sp³-hybridized carbons (Fsp3) is 0.0833. The molecule has 4 rings (SSSR count). The first-order chi connectivity index (χ1) is 15.4. The minimum absolute atomic E-state index is 0.00344. The minimum Gasteiger partial charge on any atom is -0.508 e. The minimum atomic E-state index is -0.481. The average Bonchev–Trinajstić information content (AvgIpc) is 2.77. The summed E-state index contributed by atoms with van der Waals surface area (Å²) in [5.41, 5.74) is 9.11. The molecule has 32 heavy (non-hydrogen) atoms. The van der Waals surface area contributed by atoms with Crippen LogP contribution in [0.15, 0.2) is 75.0 Å². The number of nitriles is 2. The summed E-state index contributed by atoms with van der Waals surface area (Å²) in [4.78, 5) is 0. The van der Waals surface area contributed by atoms with Gasteiger partial charge in [-0.05, 0) is 61.7 Å². The monoisotopic (exact) mass is 551 g/mol. The van der Waals surface area contributed by atoms with Gasteiger partial charge in [-0.3, -0.25) is 0 Å². The zero-order valence-electron chi connectivity index (χ0n) is 16.5. The Kier molecular flexibility index (Phi) is 6.09. The molecular weight excluding hydrogens is 538 g/mol. The largest absolute Gasteiger partial charge is 0.508 e. The smallest absolute Gasteiger partial charge is 0.205 e. The molecule has 1 heterocycles. The van der Waals surface area contributed by atoms with E-state index < -0.39 is 5.92 Å². The number of phenolic OH excluding ortho intramolecular Hbond substituents is 1. The van der Waals surface area contributed by atoms with Gasteiger partial charge in [0.25, 0.3) is 0 Å². The molecule has 0 amide bonds. The lowest BCUT2D eigenvalue weighted by molar-refractivity contribution is 0.302. The van der Waals surface area contributed by atoms with Crippen LogP contribution in [0.4, 0.5) is 0 Å². The van der Waals surface area contributed by atoms with Crippen LogP contribution < -0.4 is 15.2 Å². The molecule has 8 heteroatoms. The van der Waals surface area contributed by atoms with E-state index in [2.05, 4.69) is 44.0 Å². The van der Waals surface area contributed by atoms with E-state index in [0.29, 0.717) is 31.6 Å². The molecule has 0 aliphatic carbocycles. The maximum atomic E-state index is 9.82. The number of allylic oxidation sites excluding steroid dienone is 1. The molecule has 6 nitrogen and oxygen atoms in total. The third kappa shape index (κ3) is 4.03. The first-order valence-electron chi connectivity index (χ1n) is 9.43. The van der Waals surface area contributed by atoms with Gasteiger partial charge in [0.05, 0.1) is 26.5 Å². The predicted molar refractivity (Wildman–Crippen MR) is 125 cm³/mol. The normalized spacial score (nSPS) is 14.7. The third-order valence-corrected chi connectivity index (χ3v) is 6.24. The van der Waals surface area contributed by atoms with E-state index in [1.165, 1.54) is 6.07 Å². The van der Waals surface area contributed by atoms with Gasteiger partial charge in [0.1, 0.15) is 35.5 Å². The number of halogens is 2. The molecule has 1 aliphatic rings. The second-order valence-electron chi connectivity index (χ2n) is 7.02. The molecule has 0 fully saturated rings. The van der Waals surface area contributed by atoms with Crippen LogP contribution in [0.5, 0.6) is 17.2 Å². The molecule has 3 aromatic carbocycles.